The molecule has 3 unspecified atom stereocenters. The van der Waals surface area contributed by atoms with Gasteiger partial charge in [0, 0.05) is 79.9 Å². The Morgan fingerprint density at radius 3 is 2.41 bits per heavy atom. The molecule has 3 aliphatic carbocycles. The maximum absolute atomic E-state index is 6.88. The third kappa shape index (κ3) is 4.80. The topological polar surface area (TPSA) is 52.0 Å². The highest BCUT2D eigenvalue weighted by molar-refractivity contribution is 6.22. The smallest absolute Gasteiger partial charge is 0.160 e. The summed E-state index contributed by atoms with van der Waals surface area (Å²) >= 11 is 0. The summed E-state index contributed by atoms with van der Waals surface area (Å²) in [7, 11) is 0. The zero-order valence-electron chi connectivity index (χ0n) is 30.7. The van der Waals surface area contributed by atoms with Crippen LogP contribution in [0.1, 0.15) is 48.3 Å². The molecule has 5 nitrogen and oxygen atoms in total. The van der Waals surface area contributed by atoms with Crippen LogP contribution in [0.4, 0.5) is 0 Å². The fourth-order valence-corrected chi connectivity index (χ4v) is 9.53. The Morgan fingerprint density at radius 2 is 1.54 bits per heavy atom. The number of rotatable bonds is 5. The summed E-state index contributed by atoms with van der Waals surface area (Å²) in [6.45, 7) is 0. The Kier molecular flexibility index (Phi) is 7.00. The van der Waals surface area contributed by atoms with Crippen LogP contribution in [0.15, 0.2) is 178 Å². The van der Waals surface area contributed by atoms with Gasteiger partial charge in [0.25, 0.3) is 0 Å². The van der Waals surface area contributed by atoms with Crippen molar-refractivity contribution in [1.29, 1.82) is 0 Å². The van der Waals surface area contributed by atoms with E-state index in [2.05, 4.69) is 156 Å². The number of para-hydroxylation sites is 2. The molecule has 0 bridgehead atoms. The first-order valence-electron chi connectivity index (χ1n) is 19.8. The van der Waals surface area contributed by atoms with Gasteiger partial charge in [-0.05, 0) is 48.7 Å². The molecule has 0 spiro atoms. The summed E-state index contributed by atoms with van der Waals surface area (Å²) in [5, 5.41) is 4.67. The molecule has 2 aromatic heterocycles. The molecule has 5 aromatic carbocycles. The molecule has 5 heteroatoms. The number of amidine groups is 1. The molecule has 0 amide bonds. The van der Waals surface area contributed by atoms with E-state index in [9.17, 15) is 0 Å². The fraction of sp³-hybridized carbons (Fsp3) is 0.137. The summed E-state index contributed by atoms with van der Waals surface area (Å²) in [4.78, 5) is 10.8. The van der Waals surface area contributed by atoms with Gasteiger partial charge in [-0.25, -0.2) is 9.98 Å². The van der Waals surface area contributed by atoms with E-state index >= 15 is 0 Å². The zero-order valence-corrected chi connectivity index (χ0v) is 30.7. The molecule has 0 fully saturated rings. The van der Waals surface area contributed by atoms with Crippen LogP contribution in [0.2, 0.25) is 0 Å². The van der Waals surface area contributed by atoms with E-state index in [0.717, 1.165) is 87.3 Å². The van der Waals surface area contributed by atoms with Gasteiger partial charge in [0.1, 0.15) is 17.4 Å². The number of benzene rings is 5. The normalized spacial score (nSPS) is 21.4. The van der Waals surface area contributed by atoms with Crippen molar-refractivity contribution in [2.75, 3.05) is 0 Å². The van der Waals surface area contributed by atoms with E-state index < -0.39 is 0 Å². The number of aromatic nitrogens is 1. The molecule has 56 heavy (non-hydrogen) atoms. The standard InChI is InChI=1S/C51H37N3O2/c1-3-12-31(13-4-1)34-24-27-39(34)51-52-42(32-14-5-2-6-15-32)28-29-43(53-51)40-18-11-21-46-48(40)41-23-22-33(30-47(41)55-46)54-44-19-9-7-16-35(44)37-25-26-38-36-17-8-10-20-45(36)56-50(38)49(37)54/h1-14,16-23,25-27,29,32,34,47H,15,24,28,30H2. The number of fused-ring (bicyclic) bond motifs is 10. The van der Waals surface area contributed by atoms with Crippen LogP contribution in [-0.4, -0.2) is 22.2 Å². The quantitative estimate of drug-likeness (QED) is 0.178. The first kappa shape index (κ1) is 31.6. The lowest BCUT2D eigenvalue weighted by molar-refractivity contribution is 0.280. The molecule has 268 valence electrons. The van der Waals surface area contributed by atoms with E-state index in [-0.39, 0.29) is 12.0 Å². The maximum atomic E-state index is 6.88. The second-order valence-electron chi connectivity index (χ2n) is 15.4. The molecule has 0 saturated heterocycles. The van der Waals surface area contributed by atoms with Gasteiger partial charge in [-0.2, -0.15) is 0 Å². The Hall–Kier alpha value is -6.72. The maximum Gasteiger partial charge on any atom is 0.160 e. The van der Waals surface area contributed by atoms with Crippen molar-refractivity contribution >= 4 is 72.3 Å². The molecule has 4 heterocycles. The number of hydrogen-bond donors (Lipinski definition) is 0. The van der Waals surface area contributed by atoms with Gasteiger partial charge in [0.15, 0.2) is 11.4 Å². The molecule has 5 aliphatic rings. The van der Waals surface area contributed by atoms with Crippen molar-refractivity contribution in [2.45, 2.75) is 37.7 Å². The monoisotopic (exact) mass is 723 g/mol. The predicted octanol–water partition coefficient (Wildman–Crippen LogP) is 12.6. The summed E-state index contributed by atoms with van der Waals surface area (Å²) in [5.74, 6) is 2.30. The molecular weight excluding hydrogens is 687 g/mol. The van der Waals surface area contributed by atoms with E-state index in [0.29, 0.717) is 5.92 Å². The highest BCUT2D eigenvalue weighted by atomic mass is 16.5. The number of nitrogens with zero attached hydrogens (tertiary/aromatic N) is 3. The van der Waals surface area contributed by atoms with E-state index in [1.165, 1.54) is 38.7 Å². The summed E-state index contributed by atoms with van der Waals surface area (Å²) in [6.07, 6.45) is 21.3. The van der Waals surface area contributed by atoms with Gasteiger partial charge < -0.3 is 13.7 Å². The van der Waals surface area contributed by atoms with Crippen molar-refractivity contribution in [3.8, 4) is 5.75 Å². The lowest BCUT2D eigenvalue weighted by atomic mass is 9.78. The minimum atomic E-state index is -0.130. The minimum Gasteiger partial charge on any atom is -0.485 e. The third-order valence-corrected chi connectivity index (χ3v) is 12.3. The second-order valence-corrected chi connectivity index (χ2v) is 15.4. The average Bonchev–Trinajstić information content (AvgIpc) is 3.86. The van der Waals surface area contributed by atoms with Gasteiger partial charge in [-0.3, -0.25) is 0 Å². The summed E-state index contributed by atoms with van der Waals surface area (Å²) < 4.78 is 15.9. The first-order valence-corrected chi connectivity index (χ1v) is 19.8. The first-order chi connectivity index (χ1) is 27.8. The van der Waals surface area contributed by atoms with Crippen molar-refractivity contribution in [2.24, 2.45) is 15.9 Å². The summed E-state index contributed by atoms with van der Waals surface area (Å²) in [5.41, 5.74) is 13.3. The molecule has 0 saturated carbocycles. The van der Waals surface area contributed by atoms with E-state index in [1.54, 1.807) is 0 Å². The molecule has 12 rings (SSSR count). The predicted molar refractivity (Wildman–Crippen MR) is 230 cm³/mol. The van der Waals surface area contributed by atoms with Crippen molar-refractivity contribution < 1.29 is 9.15 Å². The number of hydrogen-bond acceptors (Lipinski definition) is 4. The van der Waals surface area contributed by atoms with Gasteiger partial charge in [0.2, 0.25) is 0 Å². The third-order valence-electron chi connectivity index (χ3n) is 12.3. The van der Waals surface area contributed by atoms with Crippen LogP contribution in [0.25, 0.3) is 60.7 Å². The highest BCUT2D eigenvalue weighted by Crippen LogP contribution is 2.49. The van der Waals surface area contributed by atoms with Crippen LogP contribution >= 0.6 is 0 Å². The van der Waals surface area contributed by atoms with Gasteiger partial charge >= 0.3 is 0 Å². The Bertz CT molecular complexity index is 3070. The van der Waals surface area contributed by atoms with Gasteiger partial charge in [-0.15, -0.1) is 0 Å². The van der Waals surface area contributed by atoms with Gasteiger partial charge in [0.05, 0.1) is 16.7 Å². The van der Waals surface area contributed by atoms with Crippen LogP contribution < -0.4 is 4.74 Å². The zero-order chi connectivity index (χ0) is 36.7. The minimum absolute atomic E-state index is 0.130. The Labute approximate surface area is 324 Å². The van der Waals surface area contributed by atoms with Crippen LogP contribution in [0.3, 0.4) is 0 Å². The van der Waals surface area contributed by atoms with Crippen LogP contribution in [0, 0.1) is 5.92 Å². The average molecular weight is 724 g/mol. The molecule has 0 radical (unpaired) electrons. The second kappa shape index (κ2) is 12.4. The van der Waals surface area contributed by atoms with Crippen LogP contribution in [0.5, 0.6) is 5.75 Å². The van der Waals surface area contributed by atoms with E-state index in [1.807, 2.05) is 6.07 Å². The molecule has 3 atom stereocenters. The lowest BCUT2D eigenvalue weighted by Crippen LogP contribution is -2.20. The number of furan rings is 1. The molecule has 0 N–H and O–H groups in total. The highest BCUT2D eigenvalue weighted by Gasteiger charge is 2.36. The molecule has 7 aromatic rings. The van der Waals surface area contributed by atoms with Crippen molar-refractivity contribution in [3.05, 3.63) is 180 Å². The molecular formula is C51H37N3O2. The SMILES string of the molecule is C1=CCC(C2=NC(C3=CCC3c3ccccc3)=NC(c3cccc4c3C3=CC=C(n5c6ccccc6c6ccc7c8ccccc8oc7c65)CC3O4)=CC2)C=C1. The van der Waals surface area contributed by atoms with Gasteiger partial charge in [-0.1, -0.05) is 127 Å². The largest absolute Gasteiger partial charge is 0.485 e. The number of allylic oxidation sites excluding steroid dienone is 8. The summed E-state index contributed by atoms with van der Waals surface area (Å²) in [6, 6.07) is 38.7. The Balaban J connectivity index is 0.977. The lowest BCUT2D eigenvalue weighted by Gasteiger charge is -2.28. The van der Waals surface area contributed by atoms with Crippen molar-refractivity contribution in [1.82, 2.24) is 4.57 Å². The number of aliphatic imine (C=N–C) groups is 2. The van der Waals surface area contributed by atoms with Crippen LogP contribution in [-0.2, 0) is 0 Å². The van der Waals surface area contributed by atoms with E-state index in [4.69, 9.17) is 19.1 Å². The fourth-order valence-electron chi connectivity index (χ4n) is 9.53. The molecule has 2 aliphatic heterocycles. The van der Waals surface area contributed by atoms with Crippen molar-refractivity contribution in [3.63, 3.8) is 0 Å². The number of ether oxygens (including phenoxy) is 1. The Morgan fingerprint density at radius 1 is 0.679 bits per heavy atom.